The van der Waals surface area contributed by atoms with Crippen molar-refractivity contribution >= 4 is 38.8 Å². The second-order valence-corrected chi connectivity index (χ2v) is 8.39. The van der Waals surface area contributed by atoms with E-state index >= 15 is 0 Å². The van der Waals surface area contributed by atoms with E-state index in [-0.39, 0.29) is 17.9 Å². The molecule has 1 aliphatic heterocycles. The molecule has 0 bridgehead atoms. The van der Waals surface area contributed by atoms with E-state index in [0.717, 1.165) is 60.8 Å². The molecule has 0 unspecified atom stereocenters. The number of carbonyl (C=O) groups excluding carboxylic acids is 1. The Morgan fingerprint density at radius 1 is 1.14 bits per heavy atom. The molecule has 3 aromatic rings. The molecule has 1 amide bonds. The van der Waals surface area contributed by atoms with Crippen molar-refractivity contribution < 1.29 is 14.3 Å². The third-order valence-electron chi connectivity index (χ3n) is 5.59. The fourth-order valence-electron chi connectivity index (χ4n) is 3.83. The molecule has 5 rings (SSSR count). The summed E-state index contributed by atoms with van der Waals surface area (Å²) in [6.07, 6.45) is 1.54. The molecule has 1 aliphatic carbocycles. The van der Waals surface area contributed by atoms with E-state index in [1.54, 1.807) is 11.3 Å². The summed E-state index contributed by atoms with van der Waals surface area (Å²) in [6, 6.07) is 14.0. The lowest BCUT2D eigenvalue weighted by molar-refractivity contribution is -0.125. The zero-order valence-electron chi connectivity index (χ0n) is 16.0. The number of carbonyl (C=O) groups is 1. The maximum atomic E-state index is 12.5. The van der Waals surface area contributed by atoms with E-state index in [2.05, 4.69) is 27.3 Å². The van der Waals surface area contributed by atoms with Crippen molar-refractivity contribution in [2.24, 2.45) is 5.92 Å². The minimum Gasteiger partial charge on any atom is -0.488 e. The van der Waals surface area contributed by atoms with Crippen LogP contribution in [-0.2, 0) is 9.53 Å². The third kappa shape index (κ3) is 3.93. The van der Waals surface area contributed by atoms with E-state index in [0.29, 0.717) is 0 Å². The van der Waals surface area contributed by atoms with Crippen molar-refractivity contribution in [3.05, 3.63) is 48.0 Å². The van der Waals surface area contributed by atoms with Gasteiger partial charge in [-0.15, -0.1) is 11.3 Å². The molecule has 2 aliphatic rings. The first kappa shape index (κ1) is 18.4. The average molecular weight is 410 g/mol. The Morgan fingerprint density at radius 3 is 2.72 bits per heavy atom. The number of thiazole rings is 1. The number of nitrogens with one attached hydrogen (secondary N) is 1. The zero-order chi connectivity index (χ0) is 19.6. The van der Waals surface area contributed by atoms with Crippen LogP contribution in [0.1, 0.15) is 12.8 Å². The van der Waals surface area contributed by atoms with Gasteiger partial charge >= 0.3 is 0 Å². The highest BCUT2D eigenvalue weighted by atomic mass is 32.1. The molecule has 0 atom stereocenters. The van der Waals surface area contributed by atoms with Gasteiger partial charge in [0.25, 0.3) is 0 Å². The molecular formula is C22H23N3O3S. The SMILES string of the molecule is O=C(Nc1ccc(N2CCOCC2)cc1)C1CC(Oc2cccc3scnc23)C1. The molecule has 1 saturated heterocycles. The van der Waals surface area contributed by atoms with Crippen LogP contribution in [0.15, 0.2) is 48.0 Å². The Bertz CT molecular complexity index is 992. The first-order chi connectivity index (χ1) is 14.3. The fraction of sp³-hybridized carbons (Fsp3) is 0.364. The molecule has 2 heterocycles. The predicted octanol–water partition coefficient (Wildman–Crippen LogP) is 3.93. The number of ether oxygens (including phenoxy) is 2. The van der Waals surface area contributed by atoms with E-state index in [1.165, 1.54) is 5.69 Å². The summed E-state index contributed by atoms with van der Waals surface area (Å²) in [5.74, 6) is 0.871. The van der Waals surface area contributed by atoms with E-state index < -0.39 is 0 Å². The van der Waals surface area contributed by atoms with Crippen LogP contribution < -0.4 is 15.0 Å². The maximum absolute atomic E-state index is 12.5. The van der Waals surface area contributed by atoms with E-state index in [4.69, 9.17) is 9.47 Å². The van der Waals surface area contributed by atoms with Crippen LogP contribution in [0.4, 0.5) is 11.4 Å². The number of amides is 1. The monoisotopic (exact) mass is 409 g/mol. The summed E-state index contributed by atoms with van der Waals surface area (Å²) in [4.78, 5) is 19.2. The van der Waals surface area contributed by atoms with Gasteiger partial charge in [-0.05, 0) is 49.2 Å². The number of aromatic nitrogens is 1. The first-order valence-corrected chi connectivity index (χ1v) is 10.9. The smallest absolute Gasteiger partial charge is 0.227 e. The molecule has 0 radical (unpaired) electrons. The lowest BCUT2D eigenvalue weighted by Crippen LogP contribution is -2.40. The van der Waals surface area contributed by atoms with Crippen LogP contribution in [0.3, 0.4) is 0 Å². The van der Waals surface area contributed by atoms with Crippen LogP contribution in [0.2, 0.25) is 0 Å². The minimum absolute atomic E-state index is 0.00597. The highest BCUT2D eigenvalue weighted by Crippen LogP contribution is 2.35. The number of anilines is 2. The van der Waals surface area contributed by atoms with Gasteiger partial charge in [0.05, 0.1) is 23.4 Å². The maximum Gasteiger partial charge on any atom is 0.227 e. The standard InChI is InChI=1S/C22H23N3O3S/c26-22(24-16-4-6-17(7-5-16)25-8-10-27-11-9-25)15-12-18(13-15)28-19-2-1-3-20-21(19)23-14-29-20/h1-7,14-15,18H,8-13H2,(H,24,26). The number of nitrogens with zero attached hydrogens (tertiary/aromatic N) is 2. The number of rotatable bonds is 5. The molecule has 150 valence electrons. The summed E-state index contributed by atoms with van der Waals surface area (Å²) in [7, 11) is 0. The largest absolute Gasteiger partial charge is 0.488 e. The summed E-state index contributed by atoms with van der Waals surface area (Å²) in [6.45, 7) is 3.34. The molecule has 29 heavy (non-hydrogen) atoms. The Labute approximate surface area is 173 Å². The number of hydrogen-bond acceptors (Lipinski definition) is 6. The molecule has 1 aromatic heterocycles. The third-order valence-corrected chi connectivity index (χ3v) is 6.39. The second kappa shape index (κ2) is 8.00. The lowest BCUT2D eigenvalue weighted by atomic mass is 9.81. The highest BCUT2D eigenvalue weighted by molar-refractivity contribution is 7.16. The lowest BCUT2D eigenvalue weighted by Gasteiger charge is -2.34. The van der Waals surface area contributed by atoms with Gasteiger partial charge in [0.1, 0.15) is 17.4 Å². The number of hydrogen-bond donors (Lipinski definition) is 1. The van der Waals surface area contributed by atoms with Gasteiger partial charge in [0.15, 0.2) is 0 Å². The summed E-state index contributed by atoms with van der Waals surface area (Å²) in [5, 5.41) is 3.04. The Hall–Kier alpha value is -2.64. The highest BCUT2D eigenvalue weighted by Gasteiger charge is 2.36. The van der Waals surface area contributed by atoms with Gasteiger partial charge in [-0.25, -0.2) is 4.98 Å². The van der Waals surface area contributed by atoms with Gasteiger partial charge in [0, 0.05) is 30.4 Å². The normalized spacial score (nSPS) is 21.6. The molecule has 1 saturated carbocycles. The Kier molecular flexibility index (Phi) is 5.08. The number of morpholine rings is 1. The molecule has 2 fully saturated rings. The first-order valence-electron chi connectivity index (χ1n) is 9.99. The van der Waals surface area contributed by atoms with Gasteiger partial charge in [-0.3, -0.25) is 4.79 Å². The molecule has 6 nitrogen and oxygen atoms in total. The van der Waals surface area contributed by atoms with Gasteiger partial charge in [0.2, 0.25) is 5.91 Å². The zero-order valence-corrected chi connectivity index (χ0v) is 16.9. The number of para-hydroxylation sites is 1. The predicted molar refractivity (Wildman–Crippen MR) is 115 cm³/mol. The van der Waals surface area contributed by atoms with E-state index in [1.807, 2.05) is 35.8 Å². The minimum atomic E-state index is -0.00597. The van der Waals surface area contributed by atoms with Crippen molar-refractivity contribution in [1.29, 1.82) is 0 Å². The quantitative estimate of drug-likeness (QED) is 0.692. The summed E-state index contributed by atoms with van der Waals surface area (Å²) >= 11 is 1.61. The van der Waals surface area contributed by atoms with Crippen molar-refractivity contribution in [3.8, 4) is 5.75 Å². The summed E-state index contributed by atoms with van der Waals surface area (Å²) < 4.78 is 12.6. The molecule has 7 heteroatoms. The van der Waals surface area contributed by atoms with Crippen LogP contribution in [0, 0.1) is 5.92 Å². The van der Waals surface area contributed by atoms with Crippen LogP contribution in [0.25, 0.3) is 10.2 Å². The van der Waals surface area contributed by atoms with Crippen molar-refractivity contribution in [3.63, 3.8) is 0 Å². The van der Waals surface area contributed by atoms with Crippen LogP contribution >= 0.6 is 11.3 Å². The van der Waals surface area contributed by atoms with Crippen LogP contribution in [-0.4, -0.2) is 43.3 Å². The molecule has 1 N–H and O–H groups in total. The number of fused-ring (bicyclic) bond motifs is 1. The van der Waals surface area contributed by atoms with Crippen LogP contribution in [0.5, 0.6) is 5.75 Å². The van der Waals surface area contributed by atoms with Crippen molar-refractivity contribution in [1.82, 2.24) is 4.98 Å². The van der Waals surface area contributed by atoms with Gasteiger partial charge in [-0.1, -0.05) is 6.07 Å². The second-order valence-electron chi connectivity index (χ2n) is 7.50. The van der Waals surface area contributed by atoms with Gasteiger partial charge < -0.3 is 19.7 Å². The molecule has 2 aromatic carbocycles. The van der Waals surface area contributed by atoms with Crippen molar-refractivity contribution in [2.45, 2.75) is 18.9 Å². The average Bonchev–Trinajstić information content (AvgIpc) is 3.21. The fourth-order valence-corrected chi connectivity index (χ4v) is 4.53. The van der Waals surface area contributed by atoms with E-state index in [9.17, 15) is 4.79 Å². The number of benzene rings is 2. The van der Waals surface area contributed by atoms with Crippen molar-refractivity contribution in [2.75, 3.05) is 36.5 Å². The Balaban J connectivity index is 1.13. The molecular weight excluding hydrogens is 386 g/mol. The molecule has 0 spiro atoms. The summed E-state index contributed by atoms with van der Waals surface area (Å²) in [5.41, 5.74) is 4.74. The van der Waals surface area contributed by atoms with Gasteiger partial charge in [-0.2, -0.15) is 0 Å². The topological polar surface area (TPSA) is 63.7 Å². The Morgan fingerprint density at radius 2 is 1.93 bits per heavy atom.